The van der Waals surface area contributed by atoms with Crippen molar-refractivity contribution >= 4 is 11.7 Å². The highest BCUT2D eigenvalue weighted by Crippen LogP contribution is 2.17. The van der Waals surface area contributed by atoms with Crippen LogP contribution in [0.25, 0.3) is 5.69 Å². The molecule has 1 unspecified atom stereocenters. The molecule has 116 valence electrons. The molecular formula is C16H20N4O2. The normalized spacial score (nSPS) is 18.3. The third kappa shape index (κ3) is 3.12. The van der Waals surface area contributed by atoms with Gasteiger partial charge in [0.1, 0.15) is 0 Å². The minimum absolute atomic E-state index is 0.173. The van der Waals surface area contributed by atoms with E-state index in [0.29, 0.717) is 13.1 Å². The second kappa shape index (κ2) is 6.19. The number of anilines is 1. The number of benzene rings is 1. The summed E-state index contributed by atoms with van der Waals surface area (Å²) in [5.74, 6) is 0. The van der Waals surface area contributed by atoms with Gasteiger partial charge in [-0.05, 0) is 44.0 Å². The summed E-state index contributed by atoms with van der Waals surface area (Å²) in [4.78, 5) is 13.9. The number of piperidine rings is 1. The fourth-order valence-corrected chi connectivity index (χ4v) is 2.70. The summed E-state index contributed by atoms with van der Waals surface area (Å²) < 4.78 is 1.82. The van der Waals surface area contributed by atoms with E-state index in [4.69, 9.17) is 0 Å². The predicted octanol–water partition coefficient (Wildman–Crippen LogP) is 2.17. The summed E-state index contributed by atoms with van der Waals surface area (Å²) in [7, 11) is 0. The van der Waals surface area contributed by atoms with Crippen LogP contribution in [0.1, 0.15) is 18.5 Å². The zero-order chi connectivity index (χ0) is 15.5. The molecule has 0 bridgehead atoms. The van der Waals surface area contributed by atoms with Gasteiger partial charge in [0.25, 0.3) is 0 Å². The van der Waals surface area contributed by atoms with E-state index in [9.17, 15) is 9.90 Å². The number of carbonyl (C=O) groups is 1. The number of hydrogen-bond acceptors (Lipinski definition) is 3. The molecule has 0 spiro atoms. The number of rotatable bonds is 2. The third-order valence-corrected chi connectivity index (χ3v) is 3.86. The highest BCUT2D eigenvalue weighted by molar-refractivity contribution is 5.89. The molecule has 1 atom stereocenters. The SMILES string of the molecule is Cc1ccnn1-c1cccc(NC(=O)N2CCCC(O)C2)c1. The molecule has 3 rings (SSSR count). The van der Waals surface area contributed by atoms with E-state index in [1.165, 1.54) is 0 Å². The Labute approximate surface area is 129 Å². The Balaban J connectivity index is 1.73. The molecule has 1 saturated heterocycles. The Morgan fingerprint density at radius 3 is 3.00 bits per heavy atom. The number of aliphatic hydroxyl groups excluding tert-OH is 1. The van der Waals surface area contributed by atoms with E-state index < -0.39 is 6.10 Å². The molecule has 1 aromatic heterocycles. The van der Waals surface area contributed by atoms with E-state index >= 15 is 0 Å². The monoisotopic (exact) mass is 300 g/mol. The molecule has 2 heterocycles. The maximum absolute atomic E-state index is 12.3. The first-order valence-electron chi connectivity index (χ1n) is 7.48. The van der Waals surface area contributed by atoms with Gasteiger partial charge in [-0.3, -0.25) is 0 Å². The Bertz CT molecular complexity index is 668. The maximum atomic E-state index is 12.3. The average Bonchev–Trinajstić information content (AvgIpc) is 2.94. The Morgan fingerprint density at radius 2 is 2.27 bits per heavy atom. The first-order chi connectivity index (χ1) is 10.6. The summed E-state index contributed by atoms with van der Waals surface area (Å²) in [5, 5.41) is 16.8. The fourth-order valence-electron chi connectivity index (χ4n) is 2.70. The smallest absolute Gasteiger partial charge is 0.321 e. The summed E-state index contributed by atoms with van der Waals surface area (Å²) in [6.45, 7) is 3.05. The van der Waals surface area contributed by atoms with Crippen LogP contribution in [-0.2, 0) is 0 Å². The molecule has 1 aromatic carbocycles. The van der Waals surface area contributed by atoms with Crippen molar-refractivity contribution in [1.29, 1.82) is 0 Å². The minimum Gasteiger partial charge on any atom is -0.391 e. The molecule has 0 radical (unpaired) electrons. The number of hydrogen-bond donors (Lipinski definition) is 2. The average molecular weight is 300 g/mol. The summed E-state index contributed by atoms with van der Waals surface area (Å²) in [6, 6.07) is 9.32. The molecule has 1 aliphatic heterocycles. The van der Waals surface area contributed by atoms with Crippen molar-refractivity contribution in [1.82, 2.24) is 14.7 Å². The van der Waals surface area contributed by atoms with Gasteiger partial charge in [0.2, 0.25) is 0 Å². The van der Waals surface area contributed by atoms with Gasteiger partial charge in [0.15, 0.2) is 0 Å². The molecule has 2 aromatic rings. The molecule has 0 aliphatic carbocycles. The van der Waals surface area contributed by atoms with Crippen molar-refractivity contribution < 1.29 is 9.90 Å². The second-order valence-electron chi connectivity index (χ2n) is 5.61. The summed E-state index contributed by atoms with van der Waals surface area (Å²) in [6.07, 6.45) is 2.92. The molecule has 0 saturated carbocycles. The van der Waals surface area contributed by atoms with Crippen LogP contribution in [0.15, 0.2) is 36.5 Å². The fraction of sp³-hybridized carbons (Fsp3) is 0.375. The van der Waals surface area contributed by atoms with E-state index in [0.717, 1.165) is 29.9 Å². The number of β-amino-alcohol motifs (C(OH)–C–C–N with tert-alkyl or cyclic N) is 1. The lowest BCUT2D eigenvalue weighted by Crippen LogP contribution is -2.44. The van der Waals surface area contributed by atoms with Crippen LogP contribution in [0.3, 0.4) is 0 Å². The standard InChI is InChI=1S/C16H20N4O2/c1-12-7-8-17-20(12)14-5-2-4-13(10-14)18-16(22)19-9-3-6-15(21)11-19/h2,4-5,7-8,10,15,21H,3,6,9,11H2,1H3,(H,18,22). The molecule has 2 N–H and O–H groups in total. The van der Waals surface area contributed by atoms with E-state index in [1.807, 2.05) is 41.9 Å². The van der Waals surface area contributed by atoms with Gasteiger partial charge in [-0.2, -0.15) is 5.10 Å². The summed E-state index contributed by atoms with van der Waals surface area (Å²) in [5.41, 5.74) is 2.65. The molecule has 22 heavy (non-hydrogen) atoms. The van der Waals surface area contributed by atoms with E-state index in [2.05, 4.69) is 10.4 Å². The topological polar surface area (TPSA) is 70.4 Å². The lowest BCUT2D eigenvalue weighted by molar-refractivity contribution is 0.0883. The summed E-state index contributed by atoms with van der Waals surface area (Å²) >= 11 is 0. The van der Waals surface area contributed by atoms with Crippen molar-refractivity contribution in [3.05, 3.63) is 42.2 Å². The lowest BCUT2D eigenvalue weighted by atomic mass is 10.1. The van der Waals surface area contributed by atoms with Crippen molar-refractivity contribution in [3.8, 4) is 5.69 Å². The number of nitrogens with one attached hydrogen (secondary N) is 1. The molecule has 1 aliphatic rings. The molecule has 2 amide bonds. The number of aromatic nitrogens is 2. The van der Waals surface area contributed by atoms with Gasteiger partial charge in [-0.1, -0.05) is 6.07 Å². The van der Waals surface area contributed by atoms with Crippen LogP contribution in [-0.4, -0.2) is 45.0 Å². The minimum atomic E-state index is -0.419. The molecular weight excluding hydrogens is 280 g/mol. The van der Waals surface area contributed by atoms with Gasteiger partial charge in [0.05, 0.1) is 11.8 Å². The number of likely N-dealkylation sites (tertiary alicyclic amines) is 1. The van der Waals surface area contributed by atoms with Crippen molar-refractivity contribution in [2.24, 2.45) is 0 Å². The molecule has 6 nitrogen and oxygen atoms in total. The zero-order valence-electron chi connectivity index (χ0n) is 12.6. The van der Waals surface area contributed by atoms with Crippen LogP contribution < -0.4 is 5.32 Å². The highest BCUT2D eigenvalue weighted by Gasteiger charge is 2.22. The van der Waals surface area contributed by atoms with Gasteiger partial charge in [-0.15, -0.1) is 0 Å². The zero-order valence-corrected chi connectivity index (χ0v) is 12.6. The van der Waals surface area contributed by atoms with Crippen LogP contribution in [0.4, 0.5) is 10.5 Å². The quantitative estimate of drug-likeness (QED) is 0.893. The van der Waals surface area contributed by atoms with Gasteiger partial charge < -0.3 is 15.3 Å². The molecule has 6 heteroatoms. The number of nitrogens with zero attached hydrogens (tertiary/aromatic N) is 3. The van der Waals surface area contributed by atoms with Crippen LogP contribution in [0, 0.1) is 6.92 Å². The second-order valence-corrected chi connectivity index (χ2v) is 5.61. The van der Waals surface area contributed by atoms with E-state index in [1.54, 1.807) is 11.1 Å². The number of aryl methyl sites for hydroxylation is 1. The first-order valence-corrected chi connectivity index (χ1v) is 7.48. The Kier molecular flexibility index (Phi) is 4.11. The maximum Gasteiger partial charge on any atom is 0.321 e. The molecule has 1 fully saturated rings. The van der Waals surface area contributed by atoms with Gasteiger partial charge in [0, 0.05) is 30.7 Å². The Hall–Kier alpha value is -2.34. The third-order valence-electron chi connectivity index (χ3n) is 3.86. The van der Waals surface area contributed by atoms with Crippen molar-refractivity contribution in [2.75, 3.05) is 18.4 Å². The van der Waals surface area contributed by atoms with Crippen molar-refractivity contribution in [3.63, 3.8) is 0 Å². The van der Waals surface area contributed by atoms with Crippen molar-refractivity contribution in [2.45, 2.75) is 25.9 Å². The van der Waals surface area contributed by atoms with Crippen LogP contribution in [0.2, 0.25) is 0 Å². The van der Waals surface area contributed by atoms with Gasteiger partial charge >= 0.3 is 6.03 Å². The number of urea groups is 1. The van der Waals surface area contributed by atoms with Crippen LogP contribution >= 0.6 is 0 Å². The largest absolute Gasteiger partial charge is 0.391 e. The van der Waals surface area contributed by atoms with Gasteiger partial charge in [-0.25, -0.2) is 9.48 Å². The first kappa shape index (κ1) is 14.6. The Morgan fingerprint density at radius 1 is 1.41 bits per heavy atom. The predicted molar refractivity (Wildman–Crippen MR) is 84.1 cm³/mol. The van der Waals surface area contributed by atoms with Crippen LogP contribution in [0.5, 0.6) is 0 Å². The lowest BCUT2D eigenvalue weighted by Gasteiger charge is -2.30. The number of amides is 2. The highest BCUT2D eigenvalue weighted by atomic mass is 16.3. The van der Waals surface area contributed by atoms with E-state index in [-0.39, 0.29) is 6.03 Å². The number of aliphatic hydroxyl groups is 1. The number of carbonyl (C=O) groups excluding carboxylic acids is 1.